The maximum absolute atomic E-state index is 11.8. The van der Waals surface area contributed by atoms with Gasteiger partial charge in [0.1, 0.15) is 11.3 Å². The van der Waals surface area contributed by atoms with E-state index in [-0.39, 0.29) is 5.75 Å². The summed E-state index contributed by atoms with van der Waals surface area (Å²) in [6.45, 7) is 5.34. The Kier molecular flexibility index (Phi) is 8.32. The van der Waals surface area contributed by atoms with E-state index in [1.54, 1.807) is 12.1 Å². The zero-order valence-electron chi connectivity index (χ0n) is 15.9. The molecular weight excluding hydrogens is 332 g/mol. The van der Waals surface area contributed by atoms with E-state index in [2.05, 4.69) is 6.92 Å². The minimum atomic E-state index is -0.794. The molecular formula is C21H30O5. The van der Waals surface area contributed by atoms with Gasteiger partial charge in [0.25, 0.3) is 0 Å². The second-order valence-electron chi connectivity index (χ2n) is 6.54. The van der Waals surface area contributed by atoms with Crippen molar-refractivity contribution in [3.8, 4) is 17.2 Å². The van der Waals surface area contributed by atoms with Gasteiger partial charge in [0.05, 0.1) is 18.6 Å². The van der Waals surface area contributed by atoms with Crippen molar-refractivity contribution in [2.75, 3.05) is 13.2 Å². The van der Waals surface area contributed by atoms with E-state index in [0.29, 0.717) is 29.9 Å². The highest BCUT2D eigenvalue weighted by Crippen LogP contribution is 2.33. The van der Waals surface area contributed by atoms with Crippen LogP contribution in [0.25, 0.3) is 11.0 Å². The zero-order chi connectivity index (χ0) is 18.8. The lowest BCUT2D eigenvalue weighted by molar-refractivity contribution is 0.288. The van der Waals surface area contributed by atoms with E-state index in [9.17, 15) is 9.90 Å². The average molecular weight is 362 g/mol. The Morgan fingerprint density at radius 2 is 1.62 bits per heavy atom. The Morgan fingerprint density at radius 1 is 0.923 bits per heavy atom. The van der Waals surface area contributed by atoms with Gasteiger partial charge in [-0.15, -0.1) is 0 Å². The fraction of sp³-hybridized carbons (Fsp3) is 0.571. The number of ether oxygens (including phenoxy) is 2. The molecule has 0 unspecified atom stereocenters. The largest absolute Gasteiger partial charge is 0.499 e. The maximum atomic E-state index is 11.8. The third-order valence-electron chi connectivity index (χ3n) is 4.32. The SMILES string of the molecule is CCCCCCCCOc1ccc2c(OCCCC)c(O)c(=O)oc2c1. The summed E-state index contributed by atoms with van der Waals surface area (Å²) in [5.74, 6) is 0.362. The summed E-state index contributed by atoms with van der Waals surface area (Å²) in [6, 6.07) is 5.25. The average Bonchev–Trinajstić information content (AvgIpc) is 2.64. The predicted molar refractivity (Wildman–Crippen MR) is 103 cm³/mol. The lowest BCUT2D eigenvalue weighted by Crippen LogP contribution is -2.05. The van der Waals surface area contributed by atoms with Crippen LogP contribution in [0.1, 0.15) is 65.2 Å². The van der Waals surface area contributed by atoms with Gasteiger partial charge in [-0.1, -0.05) is 52.4 Å². The smallest absolute Gasteiger partial charge is 0.382 e. The van der Waals surface area contributed by atoms with Crippen molar-refractivity contribution in [3.63, 3.8) is 0 Å². The molecule has 2 rings (SSSR count). The summed E-state index contributed by atoms with van der Waals surface area (Å²) in [6.07, 6.45) is 9.04. The van der Waals surface area contributed by atoms with Gasteiger partial charge in [0, 0.05) is 6.07 Å². The van der Waals surface area contributed by atoms with Gasteiger partial charge in [-0.25, -0.2) is 4.79 Å². The second-order valence-corrected chi connectivity index (χ2v) is 6.54. The van der Waals surface area contributed by atoms with E-state index in [4.69, 9.17) is 13.9 Å². The first kappa shape index (κ1) is 20.1. The fourth-order valence-electron chi connectivity index (χ4n) is 2.77. The molecule has 0 atom stereocenters. The van der Waals surface area contributed by atoms with E-state index >= 15 is 0 Å². The number of unbranched alkanes of at least 4 members (excludes halogenated alkanes) is 6. The summed E-state index contributed by atoms with van der Waals surface area (Å²) in [4.78, 5) is 11.8. The van der Waals surface area contributed by atoms with Crippen LogP contribution >= 0.6 is 0 Å². The van der Waals surface area contributed by atoms with Crippen molar-refractivity contribution in [1.82, 2.24) is 0 Å². The number of hydrogen-bond donors (Lipinski definition) is 1. The van der Waals surface area contributed by atoms with Crippen LogP contribution in [-0.4, -0.2) is 18.3 Å². The summed E-state index contributed by atoms with van der Waals surface area (Å²) >= 11 is 0. The van der Waals surface area contributed by atoms with Crippen LogP contribution in [0.5, 0.6) is 17.2 Å². The molecule has 0 bridgehead atoms. The van der Waals surface area contributed by atoms with E-state index in [1.165, 1.54) is 25.7 Å². The molecule has 0 aliphatic heterocycles. The predicted octanol–water partition coefficient (Wildman–Crippen LogP) is 5.42. The Morgan fingerprint density at radius 3 is 2.38 bits per heavy atom. The van der Waals surface area contributed by atoms with Crippen molar-refractivity contribution < 1.29 is 19.0 Å². The third kappa shape index (κ3) is 5.68. The van der Waals surface area contributed by atoms with E-state index in [1.807, 2.05) is 13.0 Å². The molecule has 0 saturated carbocycles. The van der Waals surface area contributed by atoms with Gasteiger partial charge >= 0.3 is 5.63 Å². The molecule has 26 heavy (non-hydrogen) atoms. The van der Waals surface area contributed by atoms with Crippen molar-refractivity contribution in [2.45, 2.75) is 65.2 Å². The molecule has 5 nitrogen and oxygen atoms in total. The molecule has 1 N–H and O–H groups in total. The van der Waals surface area contributed by atoms with Crippen LogP contribution < -0.4 is 15.1 Å². The molecule has 1 heterocycles. The zero-order valence-corrected chi connectivity index (χ0v) is 15.9. The van der Waals surface area contributed by atoms with Gasteiger partial charge in [0.2, 0.25) is 5.75 Å². The van der Waals surface area contributed by atoms with Crippen molar-refractivity contribution in [3.05, 3.63) is 28.6 Å². The number of rotatable bonds is 12. The molecule has 0 amide bonds. The highest BCUT2D eigenvalue weighted by molar-refractivity contribution is 5.86. The second kappa shape index (κ2) is 10.7. The molecule has 2 aromatic rings. The monoisotopic (exact) mass is 362 g/mol. The number of aromatic hydroxyl groups is 1. The normalized spacial score (nSPS) is 11.0. The standard InChI is InChI=1S/C21H30O5/c1-3-5-7-8-9-10-14-24-16-11-12-17-18(15-16)26-21(23)19(22)20(17)25-13-6-4-2/h11-12,15,22H,3-10,13-14H2,1-2H3. The first-order valence-electron chi connectivity index (χ1n) is 9.72. The van der Waals surface area contributed by atoms with Crippen molar-refractivity contribution >= 4 is 11.0 Å². The minimum Gasteiger partial charge on any atom is -0.499 e. The molecule has 144 valence electrons. The quantitative estimate of drug-likeness (QED) is 0.403. The molecule has 1 aromatic carbocycles. The lowest BCUT2D eigenvalue weighted by Gasteiger charge is -2.11. The van der Waals surface area contributed by atoms with Crippen LogP contribution in [0.2, 0.25) is 0 Å². The Hall–Kier alpha value is -2.17. The van der Waals surface area contributed by atoms with Gasteiger partial charge in [-0.3, -0.25) is 0 Å². The number of benzene rings is 1. The van der Waals surface area contributed by atoms with Gasteiger partial charge in [-0.2, -0.15) is 0 Å². The van der Waals surface area contributed by atoms with Crippen LogP contribution in [0.3, 0.4) is 0 Å². The summed E-state index contributed by atoms with van der Waals surface area (Å²) in [5.41, 5.74) is -0.434. The van der Waals surface area contributed by atoms with Crippen LogP contribution in [-0.2, 0) is 0 Å². The summed E-state index contributed by atoms with van der Waals surface area (Å²) in [7, 11) is 0. The molecule has 0 fully saturated rings. The van der Waals surface area contributed by atoms with E-state index < -0.39 is 11.4 Å². The fourth-order valence-corrected chi connectivity index (χ4v) is 2.77. The molecule has 0 aliphatic carbocycles. The molecule has 1 aromatic heterocycles. The van der Waals surface area contributed by atoms with Gasteiger partial charge in [-0.05, 0) is 25.0 Å². The topological polar surface area (TPSA) is 68.9 Å². The number of hydrogen-bond acceptors (Lipinski definition) is 5. The Labute approximate surface area is 154 Å². The Balaban J connectivity index is 2.01. The maximum Gasteiger partial charge on any atom is 0.382 e. The van der Waals surface area contributed by atoms with Crippen LogP contribution in [0.15, 0.2) is 27.4 Å². The minimum absolute atomic E-state index is 0.187. The summed E-state index contributed by atoms with van der Waals surface area (Å²) in [5, 5.41) is 10.5. The molecule has 0 saturated heterocycles. The van der Waals surface area contributed by atoms with E-state index in [0.717, 1.165) is 25.7 Å². The highest BCUT2D eigenvalue weighted by atomic mass is 16.5. The van der Waals surface area contributed by atoms with Crippen LogP contribution in [0.4, 0.5) is 0 Å². The molecule has 0 aliphatic rings. The van der Waals surface area contributed by atoms with Gasteiger partial charge in [0.15, 0.2) is 5.75 Å². The van der Waals surface area contributed by atoms with Gasteiger partial charge < -0.3 is 19.0 Å². The molecule has 0 spiro atoms. The summed E-state index contributed by atoms with van der Waals surface area (Å²) < 4.78 is 16.6. The van der Waals surface area contributed by atoms with Crippen molar-refractivity contribution in [2.24, 2.45) is 0 Å². The first-order chi connectivity index (χ1) is 12.7. The molecule has 0 radical (unpaired) electrons. The Bertz CT molecular complexity index is 735. The third-order valence-corrected chi connectivity index (χ3v) is 4.32. The van der Waals surface area contributed by atoms with Crippen LogP contribution in [0, 0.1) is 0 Å². The number of fused-ring (bicyclic) bond motifs is 1. The van der Waals surface area contributed by atoms with Crippen molar-refractivity contribution in [1.29, 1.82) is 0 Å². The first-order valence-corrected chi connectivity index (χ1v) is 9.72. The molecule has 5 heteroatoms. The highest BCUT2D eigenvalue weighted by Gasteiger charge is 2.15. The lowest BCUT2D eigenvalue weighted by atomic mass is 10.1.